The van der Waals surface area contributed by atoms with Crippen LogP contribution in [0.25, 0.3) is 0 Å². The summed E-state index contributed by atoms with van der Waals surface area (Å²) in [5.74, 6) is 0.318. The summed E-state index contributed by atoms with van der Waals surface area (Å²) in [6.45, 7) is 1.50. The van der Waals surface area contributed by atoms with E-state index in [4.69, 9.17) is 5.73 Å². The van der Waals surface area contributed by atoms with Crippen molar-refractivity contribution in [3.05, 3.63) is 65.2 Å². The first-order chi connectivity index (χ1) is 12.6. The average Bonchev–Trinajstić information content (AvgIpc) is 3.13. The van der Waals surface area contributed by atoms with Crippen LogP contribution in [0.2, 0.25) is 0 Å². The highest BCUT2D eigenvalue weighted by molar-refractivity contribution is 7.89. The molecule has 4 nitrogen and oxygen atoms in total. The van der Waals surface area contributed by atoms with Crippen LogP contribution in [0.4, 0.5) is 0 Å². The Kier molecular flexibility index (Phi) is 4.86. The highest BCUT2D eigenvalue weighted by Crippen LogP contribution is 2.35. The average molecular weight is 371 g/mol. The minimum absolute atomic E-state index is 0.157. The quantitative estimate of drug-likeness (QED) is 0.900. The highest BCUT2D eigenvalue weighted by atomic mass is 32.2. The van der Waals surface area contributed by atoms with Gasteiger partial charge in [0, 0.05) is 19.0 Å². The van der Waals surface area contributed by atoms with Crippen LogP contribution < -0.4 is 5.73 Å². The van der Waals surface area contributed by atoms with Gasteiger partial charge in [-0.3, -0.25) is 0 Å². The third kappa shape index (κ3) is 3.20. The van der Waals surface area contributed by atoms with Gasteiger partial charge in [0.1, 0.15) is 0 Å². The summed E-state index contributed by atoms with van der Waals surface area (Å²) in [5.41, 5.74) is 9.65. The third-order valence-corrected chi connectivity index (χ3v) is 7.72. The molecule has 1 aliphatic heterocycles. The third-order valence-electron chi connectivity index (χ3n) is 5.90. The number of nitrogens with two attached hydrogens (primary N) is 1. The number of hydrogen-bond acceptors (Lipinski definition) is 3. The minimum Gasteiger partial charge on any atom is -0.330 e. The molecular weight excluding hydrogens is 344 g/mol. The van der Waals surface area contributed by atoms with Gasteiger partial charge in [0.25, 0.3) is 0 Å². The number of rotatable bonds is 4. The van der Waals surface area contributed by atoms with Crippen molar-refractivity contribution in [2.45, 2.75) is 36.5 Å². The fraction of sp³-hybridized carbons (Fsp3) is 0.429. The first-order valence-electron chi connectivity index (χ1n) is 9.46. The van der Waals surface area contributed by atoms with Crippen LogP contribution in [-0.2, 0) is 22.9 Å². The van der Waals surface area contributed by atoms with Gasteiger partial charge >= 0.3 is 0 Å². The second-order valence-electron chi connectivity index (χ2n) is 7.47. The van der Waals surface area contributed by atoms with E-state index in [0.29, 0.717) is 24.5 Å². The van der Waals surface area contributed by atoms with Crippen molar-refractivity contribution in [3.8, 4) is 0 Å². The Labute approximate surface area is 156 Å². The number of aryl methyl sites for hydroxylation is 2. The van der Waals surface area contributed by atoms with E-state index >= 15 is 0 Å². The van der Waals surface area contributed by atoms with Gasteiger partial charge in [0.05, 0.1) is 4.90 Å². The molecule has 5 heteroatoms. The number of fused-ring (bicyclic) bond motifs is 1. The van der Waals surface area contributed by atoms with E-state index in [1.807, 2.05) is 30.3 Å². The zero-order valence-electron chi connectivity index (χ0n) is 15.0. The molecule has 2 atom stereocenters. The second kappa shape index (κ2) is 7.14. The van der Waals surface area contributed by atoms with Gasteiger partial charge in [-0.15, -0.1) is 0 Å². The van der Waals surface area contributed by atoms with Crippen LogP contribution >= 0.6 is 0 Å². The Morgan fingerprint density at radius 3 is 2.42 bits per heavy atom. The van der Waals surface area contributed by atoms with Gasteiger partial charge in [0.2, 0.25) is 10.0 Å². The number of hydrogen-bond donors (Lipinski definition) is 1. The molecule has 1 saturated heterocycles. The molecule has 1 aliphatic carbocycles. The van der Waals surface area contributed by atoms with Crippen LogP contribution in [0.3, 0.4) is 0 Å². The summed E-state index contributed by atoms with van der Waals surface area (Å²) in [5, 5.41) is 0. The molecule has 0 radical (unpaired) electrons. The summed E-state index contributed by atoms with van der Waals surface area (Å²) >= 11 is 0. The molecule has 2 aliphatic rings. The molecule has 0 unspecified atom stereocenters. The molecule has 0 bridgehead atoms. The van der Waals surface area contributed by atoms with Crippen molar-refractivity contribution in [3.63, 3.8) is 0 Å². The summed E-state index contributed by atoms with van der Waals surface area (Å²) < 4.78 is 28.1. The number of sulfonamides is 1. The van der Waals surface area contributed by atoms with E-state index in [9.17, 15) is 8.42 Å². The van der Waals surface area contributed by atoms with Crippen LogP contribution in [0, 0.1) is 5.92 Å². The second-order valence-corrected chi connectivity index (χ2v) is 9.41. The maximum atomic E-state index is 13.2. The lowest BCUT2D eigenvalue weighted by atomic mass is 9.89. The standard InChI is InChI=1S/C21H26N2O2S/c22-13-19-14-23(15-21(19)17-7-2-1-3-8-17)26(24,25)20-11-10-16-6-4-5-9-18(16)12-20/h1-3,7-8,10-12,19,21H,4-6,9,13-15,22H2/t19-,21+/m1/s1. The smallest absolute Gasteiger partial charge is 0.243 e. The van der Waals surface area contributed by atoms with Gasteiger partial charge < -0.3 is 5.73 Å². The number of benzene rings is 2. The van der Waals surface area contributed by atoms with Crippen molar-refractivity contribution in [2.75, 3.05) is 19.6 Å². The maximum Gasteiger partial charge on any atom is 0.243 e. The molecule has 4 rings (SSSR count). The van der Waals surface area contributed by atoms with Crippen molar-refractivity contribution in [1.29, 1.82) is 0 Å². The monoisotopic (exact) mass is 370 g/mol. The predicted octanol–water partition coefficient (Wildman–Crippen LogP) is 2.93. The SMILES string of the molecule is NC[C@@H]1CN(S(=O)(=O)c2ccc3c(c2)CCCC3)C[C@H]1c1ccccc1. The van der Waals surface area contributed by atoms with Crippen molar-refractivity contribution >= 4 is 10.0 Å². The zero-order chi connectivity index (χ0) is 18.1. The Hall–Kier alpha value is -1.69. The molecule has 138 valence electrons. The topological polar surface area (TPSA) is 63.4 Å². The van der Waals surface area contributed by atoms with E-state index in [-0.39, 0.29) is 11.8 Å². The maximum absolute atomic E-state index is 13.2. The van der Waals surface area contributed by atoms with E-state index < -0.39 is 10.0 Å². The molecule has 2 aromatic rings. The fourth-order valence-corrected chi connectivity index (χ4v) is 5.94. The Morgan fingerprint density at radius 1 is 0.962 bits per heavy atom. The van der Waals surface area contributed by atoms with Crippen LogP contribution in [0.15, 0.2) is 53.4 Å². The molecule has 2 aromatic carbocycles. The minimum atomic E-state index is -3.48. The molecule has 0 saturated carbocycles. The summed E-state index contributed by atoms with van der Waals surface area (Å²) in [7, 11) is -3.48. The van der Waals surface area contributed by atoms with E-state index in [1.54, 1.807) is 10.4 Å². The summed E-state index contributed by atoms with van der Waals surface area (Å²) in [6, 6.07) is 15.8. The van der Waals surface area contributed by atoms with Gasteiger partial charge in [-0.25, -0.2) is 8.42 Å². The molecule has 26 heavy (non-hydrogen) atoms. The molecule has 1 fully saturated rings. The lowest BCUT2D eigenvalue weighted by Crippen LogP contribution is -2.30. The first kappa shape index (κ1) is 17.7. The largest absolute Gasteiger partial charge is 0.330 e. The Bertz CT molecular complexity index is 880. The zero-order valence-corrected chi connectivity index (χ0v) is 15.8. The van der Waals surface area contributed by atoms with Crippen LogP contribution in [0.5, 0.6) is 0 Å². The van der Waals surface area contributed by atoms with Crippen LogP contribution in [0.1, 0.15) is 35.4 Å². The van der Waals surface area contributed by atoms with E-state index in [1.165, 1.54) is 23.1 Å². The van der Waals surface area contributed by atoms with E-state index in [2.05, 4.69) is 12.1 Å². The number of nitrogens with zero attached hydrogens (tertiary/aromatic N) is 1. The molecule has 0 aromatic heterocycles. The molecule has 0 spiro atoms. The van der Waals surface area contributed by atoms with Crippen molar-refractivity contribution in [2.24, 2.45) is 11.7 Å². The van der Waals surface area contributed by atoms with Gasteiger partial charge in [-0.05, 0) is 67.0 Å². The predicted molar refractivity (Wildman–Crippen MR) is 104 cm³/mol. The van der Waals surface area contributed by atoms with Crippen molar-refractivity contribution in [1.82, 2.24) is 4.31 Å². The van der Waals surface area contributed by atoms with Gasteiger partial charge in [0.15, 0.2) is 0 Å². The van der Waals surface area contributed by atoms with Gasteiger partial charge in [-0.1, -0.05) is 36.4 Å². The Balaban J connectivity index is 1.62. The molecular formula is C21H26N2O2S. The highest BCUT2D eigenvalue weighted by Gasteiger charge is 2.39. The fourth-order valence-electron chi connectivity index (χ4n) is 4.36. The summed E-state index contributed by atoms with van der Waals surface area (Å²) in [4.78, 5) is 0.433. The lowest BCUT2D eigenvalue weighted by molar-refractivity contribution is 0.458. The molecule has 1 heterocycles. The van der Waals surface area contributed by atoms with Crippen molar-refractivity contribution < 1.29 is 8.42 Å². The van der Waals surface area contributed by atoms with E-state index in [0.717, 1.165) is 19.3 Å². The van der Waals surface area contributed by atoms with Gasteiger partial charge in [-0.2, -0.15) is 4.31 Å². The lowest BCUT2D eigenvalue weighted by Gasteiger charge is -2.20. The molecule has 2 N–H and O–H groups in total. The summed E-state index contributed by atoms with van der Waals surface area (Å²) in [6.07, 6.45) is 4.38. The molecule has 0 amide bonds. The first-order valence-corrected chi connectivity index (χ1v) is 10.9. The Morgan fingerprint density at radius 2 is 1.69 bits per heavy atom. The normalized spacial score (nSPS) is 23.7. The van der Waals surface area contributed by atoms with Crippen LogP contribution in [-0.4, -0.2) is 32.4 Å².